The van der Waals surface area contributed by atoms with Crippen molar-refractivity contribution in [1.29, 1.82) is 0 Å². The van der Waals surface area contributed by atoms with E-state index in [9.17, 15) is 0 Å². The van der Waals surface area contributed by atoms with Gasteiger partial charge in [-0.1, -0.05) is 18.2 Å². The molecule has 134 valence electrons. The molecule has 4 rings (SSSR count). The lowest BCUT2D eigenvalue weighted by Gasteiger charge is -2.07. The first kappa shape index (κ1) is 16.8. The van der Waals surface area contributed by atoms with Gasteiger partial charge in [0.15, 0.2) is 0 Å². The van der Waals surface area contributed by atoms with E-state index >= 15 is 0 Å². The topological polar surface area (TPSA) is 64.9 Å². The first-order valence-corrected chi connectivity index (χ1v) is 8.59. The van der Waals surface area contributed by atoms with Gasteiger partial charge in [0.2, 0.25) is 5.95 Å². The smallest absolute Gasteiger partial charge is 0.227 e. The lowest BCUT2D eigenvalue weighted by molar-refractivity contribution is 0.415. The van der Waals surface area contributed by atoms with Crippen LogP contribution in [-0.2, 0) is 0 Å². The quantitative estimate of drug-likeness (QED) is 0.574. The zero-order valence-corrected chi connectivity index (χ0v) is 15.1. The molecule has 0 aliphatic carbocycles. The van der Waals surface area contributed by atoms with Crippen molar-refractivity contribution in [1.82, 2.24) is 19.7 Å². The standard InChI is InChI=1S/C21H19N5O/c1-15-19(14-26(25-15)17-6-4-3-5-7-17)20-12-13-22-21(24-20)23-16-8-10-18(27-2)11-9-16/h3-14H,1-2H3,(H,22,23,24). The SMILES string of the molecule is COc1ccc(Nc2nccc(-c3cn(-c4ccccc4)nc3C)n2)cc1. The van der Waals surface area contributed by atoms with Gasteiger partial charge < -0.3 is 10.1 Å². The second-order valence-corrected chi connectivity index (χ2v) is 6.03. The maximum Gasteiger partial charge on any atom is 0.227 e. The second kappa shape index (κ2) is 7.29. The van der Waals surface area contributed by atoms with E-state index in [1.807, 2.05) is 78.5 Å². The minimum atomic E-state index is 0.532. The summed E-state index contributed by atoms with van der Waals surface area (Å²) in [5.41, 5.74) is 4.61. The third kappa shape index (κ3) is 3.64. The number of hydrogen-bond acceptors (Lipinski definition) is 5. The molecule has 2 aromatic heterocycles. The zero-order valence-electron chi connectivity index (χ0n) is 15.1. The van der Waals surface area contributed by atoms with Gasteiger partial charge in [-0.05, 0) is 49.4 Å². The number of aryl methyl sites for hydroxylation is 1. The molecule has 27 heavy (non-hydrogen) atoms. The molecular formula is C21H19N5O. The van der Waals surface area contributed by atoms with Crippen LogP contribution in [0.3, 0.4) is 0 Å². The van der Waals surface area contributed by atoms with Gasteiger partial charge in [-0.2, -0.15) is 5.10 Å². The Morgan fingerprint density at radius 1 is 0.963 bits per heavy atom. The van der Waals surface area contributed by atoms with Crippen LogP contribution in [0.4, 0.5) is 11.6 Å². The van der Waals surface area contributed by atoms with Crippen molar-refractivity contribution in [3.63, 3.8) is 0 Å². The van der Waals surface area contributed by atoms with Gasteiger partial charge in [-0.25, -0.2) is 14.6 Å². The number of nitrogens with zero attached hydrogens (tertiary/aromatic N) is 4. The summed E-state index contributed by atoms with van der Waals surface area (Å²) in [5.74, 6) is 1.34. The molecule has 6 nitrogen and oxygen atoms in total. The number of para-hydroxylation sites is 1. The van der Waals surface area contributed by atoms with Crippen LogP contribution in [0.25, 0.3) is 16.9 Å². The number of aromatic nitrogens is 4. The molecule has 1 N–H and O–H groups in total. The fourth-order valence-electron chi connectivity index (χ4n) is 2.80. The van der Waals surface area contributed by atoms with Crippen LogP contribution < -0.4 is 10.1 Å². The number of benzene rings is 2. The van der Waals surface area contributed by atoms with Crippen LogP contribution in [0.5, 0.6) is 5.75 Å². The highest BCUT2D eigenvalue weighted by Gasteiger charge is 2.11. The van der Waals surface area contributed by atoms with Gasteiger partial charge in [0.05, 0.1) is 24.2 Å². The Bertz CT molecular complexity index is 1040. The van der Waals surface area contributed by atoms with Crippen LogP contribution in [0, 0.1) is 6.92 Å². The number of methoxy groups -OCH3 is 1. The van der Waals surface area contributed by atoms with E-state index in [0.717, 1.165) is 34.1 Å². The van der Waals surface area contributed by atoms with Crippen molar-refractivity contribution >= 4 is 11.6 Å². The van der Waals surface area contributed by atoms with E-state index in [0.29, 0.717) is 5.95 Å². The highest BCUT2D eigenvalue weighted by Crippen LogP contribution is 2.24. The number of nitrogens with one attached hydrogen (secondary N) is 1. The number of rotatable bonds is 5. The molecule has 0 radical (unpaired) electrons. The molecule has 0 unspecified atom stereocenters. The van der Waals surface area contributed by atoms with Gasteiger partial charge in [0.1, 0.15) is 5.75 Å². The molecule has 0 atom stereocenters. The van der Waals surface area contributed by atoms with Gasteiger partial charge in [0.25, 0.3) is 0 Å². The Balaban J connectivity index is 1.61. The average molecular weight is 357 g/mol. The Kier molecular flexibility index (Phi) is 4.53. The summed E-state index contributed by atoms with van der Waals surface area (Å²) in [7, 11) is 1.65. The van der Waals surface area contributed by atoms with E-state index in [2.05, 4.69) is 20.4 Å². The Labute approximate surface area is 157 Å². The summed E-state index contributed by atoms with van der Waals surface area (Å²) in [6.07, 6.45) is 3.73. The molecule has 0 saturated heterocycles. The van der Waals surface area contributed by atoms with Gasteiger partial charge in [0, 0.05) is 23.6 Å². The van der Waals surface area contributed by atoms with E-state index in [-0.39, 0.29) is 0 Å². The summed E-state index contributed by atoms with van der Waals surface area (Å²) in [6.45, 7) is 1.98. The Hall–Kier alpha value is -3.67. The van der Waals surface area contributed by atoms with Gasteiger partial charge in [-0.15, -0.1) is 0 Å². The van der Waals surface area contributed by atoms with Crippen LogP contribution >= 0.6 is 0 Å². The first-order chi connectivity index (χ1) is 13.2. The van der Waals surface area contributed by atoms with Crippen molar-refractivity contribution in [3.05, 3.63) is 78.8 Å². The summed E-state index contributed by atoms with van der Waals surface area (Å²) in [5, 5.41) is 7.83. The summed E-state index contributed by atoms with van der Waals surface area (Å²) >= 11 is 0. The fraction of sp³-hybridized carbons (Fsp3) is 0.0952. The maximum absolute atomic E-state index is 5.18. The molecule has 6 heteroatoms. The predicted molar refractivity (Wildman–Crippen MR) is 106 cm³/mol. The molecule has 2 heterocycles. The van der Waals surface area contributed by atoms with E-state index < -0.39 is 0 Å². The average Bonchev–Trinajstić information content (AvgIpc) is 3.11. The third-order valence-electron chi connectivity index (χ3n) is 4.20. The highest BCUT2D eigenvalue weighted by atomic mass is 16.5. The van der Waals surface area contributed by atoms with E-state index in [1.165, 1.54) is 0 Å². The molecule has 0 amide bonds. The lowest BCUT2D eigenvalue weighted by Crippen LogP contribution is -1.98. The van der Waals surface area contributed by atoms with Crippen LogP contribution in [0.2, 0.25) is 0 Å². The molecule has 0 aliphatic rings. The normalized spacial score (nSPS) is 10.6. The first-order valence-electron chi connectivity index (χ1n) is 8.59. The second-order valence-electron chi connectivity index (χ2n) is 6.03. The van der Waals surface area contributed by atoms with E-state index in [1.54, 1.807) is 13.3 Å². The molecular weight excluding hydrogens is 338 g/mol. The minimum absolute atomic E-state index is 0.532. The van der Waals surface area contributed by atoms with Gasteiger partial charge in [-0.3, -0.25) is 0 Å². The third-order valence-corrected chi connectivity index (χ3v) is 4.20. The number of ether oxygens (including phenoxy) is 1. The molecule has 0 spiro atoms. The summed E-state index contributed by atoms with van der Waals surface area (Å²) in [4.78, 5) is 8.96. The molecule has 0 aliphatic heterocycles. The number of anilines is 2. The number of hydrogen-bond donors (Lipinski definition) is 1. The van der Waals surface area contributed by atoms with Crippen LogP contribution in [-0.4, -0.2) is 26.9 Å². The Morgan fingerprint density at radius 2 is 1.74 bits per heavy atom. The highest BCUT2D eigenvalue weighted by molar-refractivity contribution is 5.64. The largest absolute Gasteiger partial charge is 0.497 e. The van der Waals surface area contributed by atoms with Crippen molar-refractivity contribution in [3.8, 4) is 22.7 Å². The van der Waals surface area contributed by atoms with Crippen molar-refractivity contribution in [2.45, 2.75) is 6.92 Å². The summed E-state index contributed by atoms with van der Waals surface area (Å²) in [6, 6.07) is 19.5. The van der Waals surface area contributed by atoms with E-state index in [4.69, 9.17) is 4.74 Å². The Morgan fingerprint density at radius 3 is 2.48 bits per heavy atom. The maximum atomic E-state index is 5.18. The molecule has 0 saturated carbocycles. The fourth-order valence-corrected chi connectivity index (χ4v) is 2.80. The molecule has 2 aromatic carbocycles. The molecule has 0 bridgehead atoms. The zero-order chi connectivity index (χ0) is 18.6. The van der Waals surface area contributed by atoms with Crippen LogP contribution in [0.1, 0.15) is 5.69 Å². The van der Waals surface area contributed by atoms with Gasteiger partial charge >= 0.3 is 0 Å². The van der Waals surface area contributed by atoms with Crippen molar-refractivity contribution in [2.24, 2.45) is 0 Å². The summed E-state index contributed by atoms with van der Waals surface area (Å²) < 4.78 is 7.04. The predicted octanol–water partition coefficient (Wildman–Crippen LogP) is 4.39. The van der Waals surface area contributed by atoms with Crippen molar-refractivity contribution in [2.75, 3.05) is 12.4 Å². The van der Waals surface area contributed by atoms with Crippen molar-refractivity contribution < 1.29 is 4.74 Å². The monoisotopic (exact) mass is 357 g/mol. The minimum Gasteiger partial charge on any atom is -0.497 e. The molecule has 4 aromatic rings. The lowest BCUT2D eigenvalue weighted by atomic mass is 10.2. The molecule has 0 fully saturated rings. The van der Waals surface area contributed by atoms with Crippen LogP contribution in [0.15, 0.2) is 73.1 Å².